The van der Waals surface area contributed by atoms with Gasteiger partial charge in [0.15, 0.2) is 0 Å². The summed E-state index contributed by atoms with van der Waals surface area (Å²) in [4.78, 5) is 24.7. The number of carboxylic acid groups (broad SMARTS) is 1. The fourth-order valence-corrected chi connectivity index (χ4v) is 1.96. The monoisotopic (exact) mass is 281 g/mol. The molecule has 6 heteroatoms. The predicted octanol–water partition coefficient (Wildman–Crippen LogP) is 1.73. The number of carbonyl (C=O) groups is 2. The third-order valence-corrected chi connectivity index (χ3v) is 2.91. The second kappa shape index (κ2) is 6.54. The number of hydrogen-bond acceptors (Lipinski definition) is 3. The van der Waals surface area contributed by atoms with Crippen LogP contribution in [0.4, 0.5) is 0 Å². The quantitative estimate of drug-likeness (QED) is 0.861. The summed E-state index contributed by atoms with van der Waals surface area (Å²) in [5.74, 6) is -0.870. The summed E-state index contributed by atoms with van der Waals surface area (Å²) in [5.41, 5.74) is 1.26. The molecule has 1 aromatic rings. The molecule has 0 saturated carbocycles. The van der Waals surface area contributed by atoms with Crippen LogP contribution >= 0.6 is 0 Å². The molecule has 1 amide bonds. The number of aromatic nitrogens is 2. The Morgan fingerprint density at radius 2 is 1.95 bits per heavy atom. The molecule has 1 rings (SSSR count). The standard InChI is InChI=1S/C14H23N3O3/c1-9(2)7-17(8-13(18)19)14(20)12-6-11(10(3)4)15-16(12)5/h6,9-10H,7-8H2,1-5H3,(H,18,19). The molecular formula is C14H23N3O3. The molecule has 0 atom stereocenters. The number of carboxylic acids is 1. The Hall–Kier alpha value is -1.85. The van der Waals surface area contributed by atoms with Crippen molar-refractivity contribution >= 4 is 11.9 Å². The highest BCUT2D eigenvalue weighted by molar-refractivity contribution is 5.94. The number of hydrogen-bond donors (Lipinski definition) is 1. The Morgan fingerprint density at radius 1 is 1.35 bits per heavy atom. The van der Waals surface area contributed by atoms with Crippen LogP contribution in [0.1, 0.15) is 49.8 Å². The third kappa shape index (κ3) is 4.08. The topological polar surface area (TPSA) is 75.4 Å². The Morgan fingerprint density at radius 3 is 2.35 bits per heavy atom. The summed E-state index contributed by atoms with van der Waals surface area (Å²) < 4.78 is 1.52. The van der Waals surface area contributed by atoms with E-state index in [0.29, 0.717) is 12.2 Å². The van der Waals surface area contributed by atoms with Crippen molar-refractivity contribution in [2.45, 2.75) is 33.6 Å². The van der Waals surface area contributed by atoms with Crippen molar-refractivity contribution in [1.82, 2.24) is 14.7 Å². The molecule has 0 radical (unpaired) electrons. The molecule has 0 saturated heterocycles. The average molecular weight is 281 g/mol. The van der Waals surface area contributed by atoms with Gasteiger partial charge < -0.3 is 10.0 Å². The van der Waals surface area contributed by atoms with Crippen molar-refractivity contribution in [3.63, 3.8) is 0 Å². The Labute approximate surface area is 119 Å². The minimum atomic E-state index is -1.01. The molecule has 1 aromatic heterocycles. The van der Waals surface area contributed by atoms with Crippen LogP contribution in [0, 0.1) is 5.92 Å². The van der Waals surface area contributed by atoms with E-state index in [4.69, 9.17) is 5.11 Å². The zero-order chi connectivity index (χ0) is 15.4. The van der Waals surface area contributed by atoms with E-state index < -0.39 is 5.97 Å². The van der Waals surface area contributed by atoms with Gasteiger partial charge in [0.1, 0.15) is 12.2 Å². The van der Waals surface area contributed by atoms with E-state index in [9.17, 15) is 9.59 Å². The summed E-state index contributed by atoms with van der Waals surface area (Å²) in [5, 5.41) is 13.2. The largest absolute Gasteiger partial charge is 0.480 e. The highest BCUT2D eigenvalue weighted by Gasteiger charge is 2.23. The maximum atomic E-state index is 12.5. The van der Waals surface area contributed by atoms with Gasteiger partial charge in [-0.3, -0.25) is 14.3 Å². The van der Waals surface area contributed by atoms with Crippen molar-refractivity contribution < 1.29 is 14.7 Å². The van der Waals surface area contributed by atoms with Gasteiger partial charge in [-0.05, 0) is 17.9 Å². The van der Waals surface area contributed by atoms with E-state index in [2.05, 4.69) is 5.10 Å². The average Bonchev–Trinajstić information content (AvgIpc) is 2.68. The number of rotatable bonds is 6. The van der Waals surface area contributed by atoms with Crippen molar-refractivity contribution in [1.29, 1.82) is 0 Å². The summed E-state index contributed by atoms with van der Waals surface area (Å²) in [6.45, 7) is 8.02. The van der Waals surface area contributed by atoms with Crippen molar-refractivity contribution in [3.8, 4) is 0 Å². The number of aryl methyl sites for hydroxylation is 1. The smallest absolute Gasteiger partial charge is 0.323 e. The lowest BCUT2D eigenvalue weighted by Crippen LogP contribution is -2.39. The summed E-state index contributed by atoms with van der Waals surface area (Å²) >= 11 is 0. The van der Waals surface area contributed by atoms with Gasteiger partial charge in [-0.1, -0.05) is 27.7 Å². The lowest BCUT2D eigenvalue weighted by molar-refractivity contribution is -0.137. The van der Waals surface area contributed by atoms with Gasteiger partial charge in [-0.25, -0.2) is 0 Å². The Kier molecular flexibility index (Phi) is 5.30. The van der Waals surface area contributed by atoms with Crippen LogP contribution in [0.15, 0.2) is 6.07 Å². The van der Waals surface area contributed by atoms with Crippen molar-refractivity contribution in [3.05, 3.63) is 17.5 Å². The molecule has 112 valence electrons. The predicted molar refractivity (Wildman–Crippen MR) is 75.7 cm³/mol. The van der Waals surface area contributed by atoms with Crippen LogP contribution in [0.3, 0.4) is 0 Å². The third-order valence-electron chi connectivity index (χ3n) is 2.91. The maximum Gasteiger partial charge on any atom is 0.323 e. The molecule has 0 aliphatic rings. The second-order valence-corrected chi connectivity index (χ2v) is 5.71. The number of nitrogens with zero attached hydrogens (tertiary/aromatic N) is 3. The molecule has 1 heterocycles. The molecule has 0 fully saturated rings. The number of aliphatic carboxylic acids is 1. The SMILES string of the molecule is CC(C)CN(CC(=O)O)C(=O)c1cc(C(C)C)nn1C. The highest BCUT2D eigenvalue weighted by Crippen LogP contribution is 2.15. The minimum Gasteiger partial charge on any atom is -0.480 e. The van der Waals surface area contributed by atoms with E-state index in [1.165, 1.54) is 9.58 Å². The van der Waals surface area contributed by atoms with E-state index in [0.717, 1.165) is 5.69 Å². The van der Waals surface area contributed by atoms with Gasteiger partial charge in [-0.15, -0.1) is 0 Å². The minimum absolute atomic E-state index is 0.205. The molecular weight excluding hydrogens is 258 g/mol. The van der Waals surface area contributed by atoms with Crippen LogP contribution in [0.2, 0.25) is 0 Å². The van der Waals surface area contributed by atoms with Crippen molar-refractivity contribution in [2.75, 3.05) is 13.1 Å². The zero-order valence-corrected chi connectivity index (χ0v) is 12.8. The fraction of sp³-hybridized carbons (Fsp3) is 0.643. The summed E-state index contributed by atoms with van der Waals surface area (Å²) in [6, 6.07) is 1.74. The summed E-state index contributed by atoms with van der Waals surface area (Å²) in [6.07, 6.45) is 0. The fourth-order valence-electron chi connectivity index (χ4n) is 1.96. The van der Waals surface area contributed by atoms with Gasteiger partial charge in [0.05, 0.1) is 5.69 Å². The van der Waals surface area contributed by atoms with Gasteiger partial charge >= 0.3 is 5.97 Å². The van der Waals surface area contributed by atoms with Crippen LogP contribution in [-0.4, -0.2) is 44.8 Å². The first-order valence-corrected chi connectivity index (χ1v) is 6.77. The molecule has 1 N–H and O–H groups in total. The molecule has 0 spiro atoms. The molecule has 0 unspecified atom stereocenters. The molecule has 20 heavy (non-hydrogen) atoms. The Bertz CT molecular complexity index is 492. The van der Waals surface area contributed by atoms with Gasteiger partial charge in [0, 0.05) is 13.6 Å². The van der Waals surface area contributed by atoms with Gasteiger partial charge in [0.25, 0.3) is 5.91 Å². The second-order valence-electron chi connectivity index (χ2n) is 5.71. The number of carbonyl (C=O) groups excluding carboxylic acids is 1. The molecule has 0 aromatic carbocycles. The normalized spacial score (nSPS) is 11.2. The Balaban J connectivity index is 3.01. The number of amides is 1. The first-order chi connectivity index (χ1) is 9.22. The van der Waals surface area contributed by atoms with Gasteiger partial charge in [0.2, 0.25) is 0 Å². The van der Waals surface area contributed by atoms with Crippen LogP contribution in [-0.2, 0) is 11.8 Å². The first kappa shape index (κ1) is 16.2. The first-order valence-electron chi connectivity index (χ1n) is 6.77. The highest BCUT2D eigenvalue weighted by atomic mass is 16.4. The molecule has 0 aliphatic heterocycles. The van der Waals surface area contributed by atoms with E-state index in [1.807, 2.05) is 27.7 Å². The van der Waals surface area contributed by atoms with Gasteiger partial charge in [-0.2, -0.15) is 5.10 Å². The van der Waals surface area contributed by atoms with E-state index in [-0.39, 0.29) is 24.3 Å². The lowest BCUT2D eigenvalue weighted by atomic mass is 10.1. The molecule has 0 aliphatic carbocycles. The zero-order valence-electron chi connectivity index (χ0n) is 12.8. The lowest BCUT2D eigenvalue weighted by Gasteiger charge is -2.22. The van der Waals surface area contributed by atoms with Crippen LogP contribution < -0.4 is 0 Å². The van der Waals surface area contributed by atoms with Crippen molar-refractivity contribution in [2.24, 2.45) is 13.0 Å². The summed E-state index contributed by atoms with van der Waals surface area (Å²) in [7, 11) is 1.70. The van der Waals surface area contributed by atoms with Crippen LogP contribution in [0.25, 0.3) is 0 Å². The van der Waals surface area contributed by atoms with E-state index >= 15 is 0 Å². The molecule has 0 bridgehead atoms. The van der Waals surface area contributed by atoms with E-state index in [1.54, 1.807) is 13.1 Å². The molecule has 6 nitrogen and oxygen atoms in total. The maximum absolute atomic E-state index is 12.5. The van der Waals surface area contributed by atoms with Crippen LogP contribution in [0.5, 0.6) is 0 Å².